The van der Waals surface area contributed by atoms with Crippen LogP contribution in [0.2, 0.25) is 0 Å². The molecule has 1 aliphatic rings. The number of hydrogen-bond donors (Lipinski definition) is 0. The van der Waals surface area contributed by atoms with Gasteiger partial charge in [-0.1, -0.05) is 0 Å². The Morgan fingerprint density at radius 1 is 1.33 bits per heavy atom. The lowest BCUT2D eigenvalue weighted by atomic mass is 10.3. The summed E-state index contributed by atoms with van der Waals surface area (Å²) in [5.74, 6) is 0.513. The number of hydrogen-bond acceptors (Lipinski definition) is 5. The van der Waals surface area contributed by atoms with E-state index in [0.717, 1.165) is 5.69 Å². The second-order valence-corrected chi connectivity index (χ2v) is 4.49. The first kappa shape index (κ1) is 12.8. The van der Waals surface area contributed by atoms with Crippen molar-refractivity contribution in [3.8, 4) is 0 Å². The number of morpholine rings is 1. The predicted molar refractivity (Wildman–Crippen MR) is 67.8 cm³/mol. The molecule has 0 bridgehead atoms. The van der Waals surface area contributed by atoms with Crippen LogP contribution in [0.5, 0.6) is 0 Å². The van der Waals surface area contributed by atoms with Crippen LogP contribution in [0.15, 0.2) is 6.07 Å². The average molecular weight is 250 g/mol. The van der Waals surface area contributed by atoms with E-state index in [4.69, 9.17) is 4.74 Å². The van der Waals surface area contributed by atoms with Crippen LogP contribution in [0.25, 0.3) is 0 Å². The molecule has 1 saturated heterocycles. The van der Waals surface area contributed by atoms with Crippen molar-refractivity contribution in [2.45, 2.75) is 6.92 Å². The molecule has 2 rings (SSSR count). The molecule has 98 valence electrons. The molecule has 0 aliphatic carbocycles. The van der Waals surface area contributed by atoms with Crippen molar-refractivity contribution >= 4 is 11.9 Å². The van der Waals surface area contributed by atoms with Crippen molar-refractivity contribution in [2.75, 3.05) is 45.3 Å². The Balaban J connectivity index is 2.23. The van der Waals surface area contributed by atoms with Gasteiger partial charge in [-0.15, -0.1) is 0 Å². The minimum Gasteiger partial charge on any atom is -0.378 e. The molecule has 18 heavy (non-hydrogen) atoms. The fraction of sp³-hybridized carbons (Fsp3) is 0.583. The molecule has 0 aromatic carbocycles. The van der Waals surface area contributed by atoms with Crippen molar-refractivity contribution in [1.82, 2.24) is 14.9 Å². The Bertz CT molecular complexity index is 442. The highest BCUT2D eigenvalue weighted by Gasteiger charge is 2.20. The van der Waals surface area contributed by atoms with Crippen LogP contribution in [0.1, 0.15) is 16.2 Å². The normalized spacial score (nSPS) is 15.6. The maximum Gasteiger partial charge on any atom is 0.272 e. The topological polar surface area (TPSA) is 58.6 Å². The van der Waals surface area contributed by atoms with Gasteiger partial charge in [-0.2, -0.15) is 0 Å². The van der Waals surface area contributed by atoms with Crippen molar-refractivity contribution < 1.29 is 9.53 Å². The number of carbonyl (C=O) groups excluding carboxylic acids is 1. The van der Waals surface area contributed by atoms with Crippen LogP contribution in [0.4, 0.5) is 5.95 Å². The first-order chi connectivity index (χ1) is 8.58. The van der Waals surface area contributed by atoms with Crippen molar-refractivity contribution in [2.24, 2.45) is 0 Å². The molecule has 1 fully saturated rings. The minimum absolute atomic E-state index is 0.0492. The number of nitrogens with zero attached hydrogens (tertiary/aromatic N) is 4. The van der Waals surface area contributed by atoms with Gasteiger partial charge in [0, 0.05) is 32.9 Å². The van der Waals surface area contributed by atoms with Crippen LogP contribution >= 0.6 is 0 Å². The van der Waals surface area contributed by atoms with E-state index in [0.29, 0.717) is 37.9 Å². The highest BCUT2D eigenvalue weighted by Crippen LogP contribution is 2.11. The molecule has 1 amide bonds. The van der Waals surface area contributed by atoms with E-state index in [1.54, 1.807) is 15.9 Å². The fourth-order valence-corrected chi connectivity index (χ4v) is 1.79. The Labute approximate surface area is 107 Å². The number of aromatic nitrogens is 2. The molecule has 6 nitrogen and oxygen atoms in total. The molecule has 0 N–H and O–H groups in total. The zero-order chi connectivity index (χ0) is 13.1. The summed E-state index contributed by atoms with van der Waals surface area (Å²) in [4.78, 5) is 24.4. The van der Waals surface area contributed by atoms with Crippen LogP contribution in [-0.4, -0.2) is 61.2 Å². The summed E-state index contributed by atoms with van der Waals surface area (Å²) in [6, 6.07) is 1.73. The summed E-state index contributed by atoms with van der Waals surface area (Å²) in [5.41, 5.74) is 1.25. The summed E-state index contributed by atoms with van der Waals surface area (Å²) in [5, 5.41) is 0. The van der Waals surface area contributed by atoms with Gasteiger partial charge in [0.25, 0.3) is 5.91 Å². The monoisotopic (exact) mass is 250 g/mol. The first-order valence-electron chi connectivity index (χ1n) is 5.98. The highest BCUT2D eigenvalue weighted by atomic mass is 16.5. The van der Waals surface area contributed by atoms with Gasteiger partial charge in [0.1, 0.15) is 5.69 Å². The number of rotatable bonds is 2. The number of anilines is 1. The van der Waals surface area contributed by atoms with Crippen LogP contribution < -0.4 is 4.90 Å². The number of aryl methyl sites for hydroxylation is 1. The molecule has 0 unspecified atom stereocenters. The molecular weight excluding hydrogens is 232 g/mol. The third-order valence-corrected chi connectivity index (χ3v) is 2.76. The molecule has 0 saturated carbocycles. The highest BCUT2D eigenvalue weighted by molar-refractivity contribution is 5.92. The zero-order valence-corrected chi connectivity index (χ0v) is 11.0. The van der Waals surface area contributed by atoms with E-state index in [9.17, 15) is 4.79 Å². The number of amides is 1. The largest absolute Gasteiger partial charge is 0.378 e. The van der Waals surface area contributed by atoms with E-state index >= 15 is 0 Å². The van der Waals surface area contributed by atoms with Crippen LogP contribution in [-0.2, 0) is 4.74 Å². The smallest absolute Gasteiger partial charge is 0.272 e. The maximum absolute atomic E-state index is 12.3. The second kappa shape index (κ2) is 5.30. The Morgan fingerprint density at radius 3 is 2.61 bits per heavy atom. The molecule has 0 spiro atoms. The lowest BCUT2D eigenvalue weighted by molar-refractivity contribution is 0.0299. The van der Waals surface area contributed by atoms with E-state index < -0.39 is 0 Å². The quantitative estimate of drug-likeness (QED) is 0.756. The molecule has 6 heteroatoms. The Kier molecular flexibility index (Phi) is 3.76. The third kappa shape index (κ3) is 2.76. The first-order valence-corrected chi connectivity index (χ1v) is 5.98. The van der Waals surface area contributed by atoms with Gasteiger partial charge >= 0.3 is 0 Å². The second-order valence-electron chi connectivity index (χ2n) is 4.49. The van der Waals surface area contributed by atoms with Gasteiger partial charge < -0.3 is 14.5 Å². The Morgan fingerprint density at radius 2 is 2.00 bits per heavy atom. The summed E-state index contributed by atoms with van der Waals surface area (Å²) in [6.07, 6.45) is 0. The maximum atomic E-state index is 12.3. The zero-order valence-electron chi connectivity index (χ0n) is 11.0. The van der Waals surface area contributed by atoms with Gasteiger partial charge in [0.2, 0.25) is 5.95 Å². The predicted octanol–water partition coefficient (Wildman–Crippen LogP) is 0.323. The van der Waals surface area contributed by atoms with Crippen LogP contribution in [0.3, 0.4) is 0 Å². The average Bonchev–Trinajstić information content (AvgIpc) is 2.38. The summed E-state index contributed by atoms with van der Waals surface area (Å²) >= 11 is 0. The van der Waals surface area contributed by atoms with Crippen molar-refractivity contribution in [1.29, 1.82) is 0 Å². The summed E-state index contributed by atoms with van der Waals surface area (Å²) in [7, 11) is 3.72. The molecule has 1 aromatic rings. The van der Waals surface area contributed by atoms with Crippen LogP contribution in [0, 0.1) is 6.92 Å². The molecule has 2 heterocycles. The lowest BCUT2D eigenvalue weighted by Gasteiger charge is -2.26. The number of carbonyl (C=O) groups is 1. The van der Waals surface area contributed by atoms with Gasteiger partial charge in [-0.25, -0.2) is 9.97 Å². The standard InChI is InChI=1S/C12H18N4O2/c1-9-8-10(14-12(13-9)15(2)3)11(17)16-4-6-18-7-5-16/h8H,4-7H2,1-3H3. The number of ether oxygens (including phenoxy) is 1. The van der Waals surface area contributed by atoms with Gasteiger partial charge in [-0.05, 0) is 13.0 Å². The van der Waals surface area contributed by atoms with Crippen molar-refractivity contribution in [3.63, 3.8) is 0 Å². The molecule has 1 aliphatic heterocycles. The molecule has 0 atom stereocenters. The third-order valence-electron chi connectivity index (χ3n) is 2.76. The van der Waals surface area contributed by atoms with Gasteiger partial charge in [0.15, 0.2) is 0 Å². The SMILES string of the molecule is Cc1cc(C(=O)N2CCOCC2)nc(N(C)C)n1. The Hall–Kier alpha value is -1.69. The fourth-order valence-electron chi connectivity index (χ4n) is 1.79. The minimum atomic E-state index is -0.0492. The van der Waals surface area contributed by atoms with Gasteiger partial charge in [-0.3, -0.25) is 4.79 Å². The van der Waals surface area contributed by atoms with E-state index in [2.05, 4.69) is 9.97 Å². The van der Waals surface area contributed by atoms with Crippen molar-refractivity contribution in [3.05, 3.63) is 17.5 Å². The summed E-state index contributed by atoms with van der Waals surface area (Å²) < 4.78 is 5.24. The van der Waals surface area contributed by atoms with E-state index in [1.807, 2.05) is 21.0 Å². The van der Waals surface area contributed by atoms with E-state index in [1.165, 1.54) is 0 Å². The molecule has 1 aromatic heterocycles. The molecule has 0 radical (unpaired) electrons. The van der Waals surface area contributed by atoms with Gasteiger partial charge in [0.05, 0.1) is 13.2 Å². The summed E-state index contributed by atoms with van der Waals surface area (Å²) in [6.45, 7) is 4.30. The lowest BCUT2D eigenvalue weighted by Crippen LogP contribution is -2.41. The van der Waals surface area contributed by atoms with E-state index in [-0.39, 0.29) is 5.91 Å². The molecular formula is C12H18N4O2.